The Morgan fingerprint density at radius 1 is 1.18 bits per heavy atom. The molecule has 0 aromatic heterocycles. The SMILES string of the molecule is CCCCO.CC[Si](C)C.[Y]. The number of aliphatic hydroxyl groups excluding tert-OH is 1. The van der Waals surface area contributed by atoms with Gasteiger partial charge in [0, 0.05) is 48.1 Å². The van der Waals surface area contributed by atoms with Crippen LogP contribution in [0.4, 0.5) is 0 Å². The molecule has 0 saturated heterocycles. The summed E-state index contributed by atoms with van der Waals surface area (Å²) in [6, 6.07) is 1.41. The van der Waals surface area contributed by atoms with Crippen molar-refractivity contribution in [1.82, 2.24) is 0 Å². The second-order valence-corrected chi connectivity index (χ2v) is 5.76. The van der Waals surface area contributed by atoms with Gasteiger partial charge < -0.3 is 5.11 Å². The molecule has 0 unspecified atom stereocenters. The Hall–Kier alpha value is 1.28. The molecule has 0 fully saturated rings. The molecule has 2 radical (unpaired) electrons. The smallest absolute Gasteiger partial charge is 0.0430 e. The van der Waals surface area contributed by atoms with Crippen LogP contribution in [0.1, 0.15) is 26.7 Å². The van der Waals surface area contributed by atoms with E-state index < -0.39 is 0 Å². The molecule has 1 N–H and O–H groups in total. The summed E-state index contributed by atoms with van der Waals surface area (Å²) in [5.41, 5.74) is 0. The van der Waals surface area contributed by atoms with Crippen molar-refractivity contribution < 1.29 is 37.8 Å². The van der Waals surface area contributed by atoms with E-state index in [1.54, 1.807) is 0 Å². The molecule has 1 nitrogen and oxygen atoms in total. The Labute approximate surface area is 98.5 Å². The molecule has 0 bridgehead atoms. The molecule has 0 aliphatic rings. The number of rotatable bonds is 3. The van der Waals surface area contributed by atoms with Crippen molar-refractivity contribution in [1.29, 1.82) is 0 Å². The largest absolute Gasteiger partial charge is 0.396 e. The van der Waals surface area contributed by atoms with Gasteiger partial charge >= 0.3 is 0 Å². The summed E-state index contributed by atoms with van der Waals surface area (Å²) in [5, 5.41) is 8.07. The van der Waals surface area contributed by atoms with Crippen LogP contribution in [0.25, 0.3) is 0 Å². The van der Waals surface area contributed by atoms with Crippen molar-refractivity contribution in [3.63, 3.8) is 0 Å². The number of hydrogen-bond donors (Lipinski definition) is 1. The molecule has 3 heteroatoms. The predicted octanol–water partition coefficient (Wildman–Crippen LogP) is 2.54. The normalized spacial score (nSPS) is 8.18. The molecule has 66 valence electrons. The number of aliphatic hydroxyl groups is 1. The van der Waals surface area contributed by atoms with Gasteiger partial charge in [0.25, 0.3) is 0 Å². The summed E-state index contributed by atoms with van der Waals surface area (Å²) in [4.78, 5) is 0. The topological polar surface area (TPSA) is 20.2 Å². The summed E-state index contributed by atoms with van der Waals surface area (Å²) in [5.74, 6) is 0. The van der Waals surface area contributed by atoms with Crippen molar-refractivity contribution in [3.8, 4) is 0 Å². The third-order valence-corrected chi connectivity index (χ3v) is 2.63. The third kappa shape index (κ3) is 34.8. The van der Waals surface area contributed by atoms with Crippen LogP contribution < -0.4 is 0 Å². The van der Waals surface area contributed by atoms with Crippen LogP contribution in [-0.4, -0.2) is 20.5 Å². The molecular weight excluding hydrogens is 229 g/mol. The first-order valence-corrected chi connectivity index (χ1v) is 6.79. The Morgan fingerprint density at radius 2 is 1.55 bits per heavy atom. The van der Waals surface area contributed by atoms with Gasteiger partial charge in [0.05, 0.1) is 0 Å². The van der Waals surface area contributed by atoms with Crippen molar-refractivity contribution in [2.45, 2.75) is 45.8 Å². The predicted molar refractivity (Wildman–Crippen MR) is 50.0 cm³/mol. The first-order valence-electron chi connectivity index (χ1n) is 4.08. The van der Waals surface area contributed by atoms with Crippen molar-refractivity contribution in [2.24, 2.45) is 0 Å². The molecule has 0 rings (SSSR count). The fraction of sp³-hybridized carbons (Fsp3) is 1.00. The summed E-state index contributed by atoms with van der Waals surface area (Å²) in [6.07, 6.45) is 2.04. The second kappa shape index (κ2) is 17.4. The van der Waals surface area contributed by atoms with E-state index in [1.807, 2.05) is 0 Å². The van der Waals surface area contributed by atoms with Crippen LogP contribution in [0.15, 0.2) is 0 Å². The van der Waals surface area contributed by atoms with Crippen LogP contribution >= 0.6 is 0 Å². The zero-order valence-corrected chi connectivity index (χ0v) is 12.2. The molecule has 11 heavy (non-hydrogen) atoms. The average Bonchev–Trinajstić information content (AvgIpc) is 1.91. The van der Waals surface area contributed by atoms with E-state index in [2.05, 4.69) is 26.9 Å². The van der Waals surface area contributed by atoms with Gasteiger partial charge in [0.1, 0.15) is 0 Å². The molecule has 0 atom stereocenters. The van der Waals surface area contributed by atoms with E-state index in [4.69, 9.17) is 5.11 Å². The molecule has 0 aliphatic heterocycles. The molecule has 0 aromatic rings. The quantitative estimate of drug-likeness (QED) is 0.763. The fourth-order valence-electron chi connectivity index (χ4n) is 0.158. The number of hydrogen-bond acceptors (Lipinski definition) is 1. The molecular formula is C8H21OSiY. The molecule has 0 spiro atoms. The van der Waals surface area contributed by atoms with Gasteiger partial charge in [0.15, 0.2) is 0 Å². The Balaban J connectivity index is -0.000000107. The minimum absolute atomic E-state index is 0. The van der Waals surface area contributed by atoms with Gasteiger partial charge in [-0.1, -0.05) is 39.4 Å². The van der Waals surface area contributed by atoms with Crippen LogP contribution in [0, 0.1) is 0 Å². The number of unbranched alkanes of at least 4 members (excludes halogenated alkanes) is 1. The molecule has 0 saturated carbocycles. The maximum atomic E-state index is 8.07. The Morgan fingerprint density at radius 3 is 1.55 bits per heavy atom. The molecule has 0 aliphatic carbocycles. The summed E-state index contributed by atoms with van der Waals surface area (Å²) >= 11 is 0. The van der Waals surface area contributed by atoms with E-state index in [-0.39, 0.29) is 41.5 Å². The molecule has 0 amide bonds. The van der Waals surface area contributed by atoms with E-state index in [9.17, 15) is 0 Å². The Bertz CT molecular complexity index is 49.4. The first-order chi connectivity index (χ1) is 4.68. The fourth-order valence-corrected chi connectivity index (χ4v) is 0.158. The van der Waals surface area contributed by atoms with Gasteiger partial charge in [-0.2, -0.15) is 0 Å². The monoisotopic (exact) mass is 250 g/mol. The van der Waals surface area contributed by atoms with E-state index >= 15 is 0 Å². The summed E-state index contributed by atoms with van der Waals surface area (Å²) in [7, 11) is 0.126. The van der Waals surface area contributed by atoms with Gasteiger partial charge in [-0.25, -0.2) is 0 Å². The van der Waals surface area contributed by atoms with Gasteiger partial charge in [-0.15, -0.1) is 0 Å². The van der Waals surface area contributed by atoms with E-state index in [0.29, 0.717) is 6.61 Å². The minimum Gasteiger partial charge on any atom is -0.396 e. The van der Waals surface area contributed by atoms with Crippen LogP contribution in [0.3, 0.4) is 0 Å². The second-order valence-electron chi connectivity index (χ2n) is 2.64. The molecule has 0 heterocycles. The zero-order valence-electron chi connectivity index (χ0n) is 8.35. The average molecular weight is 250 g/mol. The van der Waals surface area contributed by atoms with Crippen LogP contribution in [0.5, 0.6) is 0 Å². The minimum atomic E-state index is 0. The van der Waals surface area contributed by atoms with Crippen molar-refractivity contribution >= 4 is 8.80 Å². The maximum absolute atomic E-state index is 8.07. The van der Waals surface area contributed by atoms with Crippen LogP contribution in [-0.2, 0) is 32.7 Å². The summed E-state index contributed by atoms with van der Waals surface area (Å²) in [6.45, 7) is 9.29. The van der Waals surface area contributed by atoms with Crippen molar-refractivity contribution in [2.75, 3.05) is 6.61 Å². The van der Waals surface area contributed by atoms with Gasteiger partial charge in [-0.05, 0) is 6.42 Å². The van der Waals surface area contributed by atoms with Gasteiger partial charge in [0.2, 0.25) is 0 Å². The molecule has 0 aromatic carbocycles. The Kier molecular flexibility index (Phi) is 28.7. The first kappa shape index (κ1) is 18.1. The maximum Gasteiger partial charge on any atom is 0.0430 e. The summed E-state index contributed by atoms with van der Waals surface area (Å²) < 4.78 is 0. The van der Waals surface area contributed by atoms with Crippen LogP contribution in [0.2, 0.25) is 19.1 Å². The zero-order chi connectivity index (χ0) is 8.41. The van der Waals surface area contributed by atoms with Crippen molar-refractivity contribution in [3.05, 3.63) is 0 Å². The standard InChI is InChI=1S/C4H10O.C4H11Si.Y/c1-2-3-4-5;1-4-5(2)3;/h5H,2-4H2,1H3;4H2,1-3H3;. The van der Waals surface area contributed by atoms with E-state index in [0.717, 1.165) is 12.8 Å². The third-order valence-electron chi connectivity index (χ3n) is 1.22. The van der Waals surface area contributed by atoms with E-state index in [1.165, 1.54) is 6.04 Å². The van der Waals surface area contributed by atoms with Gasteiger partial charge in [-0.3, -0.25) is 0 Å².